The molecule has 0 saturated carbocycles. The van der Waals surface area contributed by atoms with E-state index in [2.05, 4.69) is 5.10 Å². The van der Waals surface area contributed by atoms with Crippen LogP contribution in [0.2, 0.25) is 0 Å². The number of aryl methyl sites for hydroxylation is 1. The van der Waals surface area contributed by atoms with Gasteiger partial charge in [-0.2, -0.15) is 5.10 Å². The highest BCUT2D eigenvalue weighted by molar-refractivity contribution is 5.61. The lowest BCUT2D eigenvalue weighted by molar-refractivity contribution is -0.384. The molecule has 1 unspecified atom stereocenters. The van der Waals surface area contributed by atoms with E-state index in [-0.39, 0.29) is 16.7 Å². The molecule has 2 rings (SSSR count). The highest BCUT2D eigenvalue weighted by Crippen LogP contribution is 2.36. The molecule has 1 aromatic rings. The molecule has 118 valence electrons. The number of anilines is 1. The van der Waals surface area contributed by atoms with Gasteiger partial charge in [0.25, 0.3) is 0 Å². The minimum Gasteiger partial charge on any atom is -0.390 e. The third-order valence-corrected chi connectivity index (χ3v) is 4.06. The smallest absolute Gasteiger partial charge is 0.333 e. The number of aromatic nitrogens is 2. The van der Waals surface area contributed by atoms with Gasteiger partial charge >= 0.3 is 5.69 Å². The molecule has 0 amide bonds. The fourth-order valence-corrected chi connectivity index (χ4v) is 2.87. The second-order valence-electron chi connectivity index (χ2n) is 6.39. The number of aliphatic hydroxyl groups is 1. The first-order valence-corrected chi connectivity index (χ1v) is 7.44. The van der Waals surface area contributed by atoms with Crippen molar-refractivity contribution in [1.29, 1.82) is 0 Å². The van der Waals surface area contributed by atoms with Crippen LogP contribution in [0.1, 0.15) is 51.8 Å². The molecule has 1 atom stereocenters. The van der Waals surface area contributed by atoms with E-state index >= 15 is 0 Å². The Hall–Kier alpha value is -1.63. The van der Waals surface area contributed by atoms with Gasteiger partial charge in [0.1, 0.15) is 5.69 Å². The van der Waals surface area contributed by atoms with Crippen molar-refractivity contribution in [3.05, 3.63) is 15.8 Å². The molecule has 1 aliphatic heterocycles. The van der Waals surface area contributed by atoms with Crippen molar-refractivity contribution < 1.29 is 10.0 Å². The lowest BCUT2D eigenvalue weighted by Crippen LogP contribution is -2.30. The number of hydrogen-bond acceptors (Lipinski definition) is 5. The van der Waals surface area contributed by atoms with E-state index < -0.39 is 5.60 Å². The van der Waals surface area contributed by atoms with Gasteiger partial charge in [-0.3, -0.25) is 10.1 Å². The average molecular weight is 296 g/mol. The Balaban J connectivity index is 2.44. The minimum atomic E-state index is -0.693. The number of hydrogen-bond donors (Lipinski definition) is 1. The molecular formula is C14H24N4O3. The van der Waals surface area contributed by atoms with Crippen molar-refractivity contribution >= 4 is 11.5 Å². The Morgan fingerprint density at radius 3 is 2.62 bits per heavy atom. The molecule has 1 fully saturated rings. The fraction of sp³-hybridized carbons (Fsp3) is 0.786. The van der Waals surface area contributed by atoms with Gasteiger partial charge in [-0.25, -0.2) is 4.68 Å². The van der Waals surface area contributed by atoms with Crippen LogP contribution in [0.25, 0.3) is 0 Å². The molecule has 1 aliphatic rings. The summed E-state index contributed by atoms with van der Waals surface area (Å²) in [5, 5.41) is 26.0. The summed E-state index contributed by atoms with van der Waals surface area (Å²) in [4.78, 5) is 13.1. The zero-order valence-electron chi connectivity index (χ0n) is 13.2. The SMILES string of the molecule is Cc1nn(C(C)C)c(N2CCCC(C)(O)CC2)c1[N+](=O)[O-]. The number of nitrogens with zero attached hydrogens (tertiary/aromatic N) is 4. The molecular weight excluding hydrogens is 272 g/mol. The molecule has 1 N–H and O–H groups in total. The van der Waals surface area contributed by atoms with E-state index in [0.29, 0.717) is 37.4 Å². The molecule has 1 aromatic heterocycles. The fourth-order valence-electron chi connectivity index (χ4n) is 2.87. The summed E-state index contributed by atoms with van der Waals surface area (Å²) in [7, 11) is 0. The van der Waals surface area contributed by atoms with Gasteiger partial charge in [0.05, 0.1) is 10.5 Å². The van der Waals surface area contributed by atoms with Crippen molar-refractivity contribution in [2.24, 2.45) is 0 Å². The zero-order valence-corrected chi connectivity index (χ0v) is 13.2. The van der Waals surface area contributed by atoms with Crippen LogP contribution in [0, 0.1) is 17.0 Å². The molecule has 2 heterocycles. The zero-order chi connectivity index (χ0) is 15.8. The topological polar surface area (TPSA) is 84.4 Å². The van der Waals surface area contributed by atoms with E-state index in [4.69, 9.17) is 0 Å². The first-order valence-electron chi connectivity index (χ1n) is 7.44. The Morgan fingerprint density at radius 1 is 1.38 bits per heavy atom. The number of nitro groups is 1. The second kappa shape index (κ2) is 5.63. The third-order valence-electron chi connectivity index (χ3n) is 4.06. The second-order valence-corrected chi connectivity index (χ2v) is 6.39. The molecule has 21 heavy (non-hydrogen) atoms. The Labute approximate surface area is 124 Å². The summed E-state index contributed by atoms with van der Waals surface area (Å²) in [5.74, 6) is 0.574. The predicted molar refractivity (Wildman–Crippen MR) is 80.7 cm³/mol. The normalized spacial score (nSPS) is 23.4. The van der Waals surface area contributed by atoms with Crippen molar-refractivity contribution in [2.45, 2.75) is 58.6 Å². The van der Waals surface area contributed by atoms with Crippen molar-refractivity contribution in [3.8, 4) is 0 Å². The van der Waals surface area contributed by atoms with E-state index in [9.17, 15) is 15.2 Å². The van der Waals surface area contributed by atoms with Crippen LogP contribution in [-0.2, 0) is 0 Å². The van der Waals surface area contributed by atoms with Crippen LogP contribution in [-0.4, -0.2) is 38.5 Å². The largest absolute Gasteiger partial charge is 0.390 e. The monoisotopic (exact) mass is 296 g/mol. The van der Waals surface area contributed by atoms with Gasteiger partial charge in [0, 0.05) is 19.1 Å². The van der Waals surface area contributed by atoms with E-state index in [0.717, 1.165) is 6.42 Å². The van der Waals surface area contributed by atoms with Crippen LogP contribution in [0.3, 0.4) is 0 Å². The van der Waals surface area contributed by atoms with Gasteiger partial charge < -0.3 is 10.0 Å². The Morgan fingerprint density at radius 2 is 2.05 bits per heavy atom. The van der Waals surface area contributed by atoms with Crippen LogP contribution >= 0.6 is 0 Å². The van der Waals surface area contributed by atoms with Gasteiger partial charge in [-0.15, -0.1) is 0 Å². The van der Waals surface area contributed by atoms with Crippen LogP contribution in [0.4, 0.5) is 11.5 Å². The summed E-state index contributed by atoms with van der Waals surface area (Å²) in [6, 6.07) is 0.0520. The van der Waals surface area contributed by atoms with Gasteiger partial charge in [0.2, 0.25) is 5.82 Å². The van der Waals surface area contributed by atoms with E-state index in [1.807, 2.05) is 25.7 Å². The quantitative estimate of drug-likeness (QED) is 0.684. The van der Waals surface area contributed by atoms with Crippen LogP contribution < -0.4 is 4.90 Å². The molecule has 0 aromatic carbocycles. The van der Waals surface area contributed by atoms with E-state index in [1.54, 1.807) is 11.6 Å². The summed E-state index contributed by atoms with van der Waals surface area (Å²) in [5.41, 5.74) is -0.161. The van der Waals surface area contributed by atoms with Gasteiger partial charge in [-0.05, 0) is 47.0 Å². The molecule has 7 heteroatoms. The van der Waals surface area contributed by atoms with Crippen molar-refractivity contribution in [3.63, 3.8) is 0 Å². The van der Waals surface area contributed by atoms with Crippen molar-refractivity contribution in [1.82, 2.24) is 9.78 Å². The van der Waals surface area contributed by atoms with Crippen LogP contribution in [0.5, 0.6) is 0 Å². The molecule has 0 spiro atoms. The summed E-state index contributed by atoms with van der Waals surface area (Å²) in [6.45, 7) is 8.74. The summed E-state index contributed by atoms with van der Waals surface area (Å²) >= 11 is 0. The maximum atomic E-state index is 11.4. The lowest BCUT2D eigenvalue weighted by Gasteiger charge is -2.25. The standard InChI is InChI=1S/C14H24N4O3/c1-10(2)17-13(12(18(20)21)11(3)15-17)16-8-5-6-14(4,19)7-9-16/h10,19H,5-9H2,1-4H3. The average Bonchev–Trinajstić information content (AvgIpc) is 2.60. The molecule has 0 aliphatic carbocycles. The molecule has 1 saturated heterocycles. The van der Waals surface area contributed by atoms with Gasteiger partial charge in [0.15, 0.2) is 0 Å². The Bertz CT molecular complexity index is 537. The first-order chi connectivity index (χ1) is 9.73. The van der Waals surface area contributed by atoms with Crippen LogP contribution in [0.15, 0.2) is 0 Å². The molecule has 7 nitrogen and oxygen atoms in total. The summed E-state index contributed by atoms with van der Waals surface area (Å²) < 4.78 is 1.73. The summed E-state index contributed by atoms with van der Waals surface area (Å²) in [6.07, 6.45) is 2.13. The predicted octanol–water partition coefficient (Wildman–Crippen LogP) is 2.42. The van der Waals surface area contributed by atoms with Gasteiger partial charge in [-0.1, -0.05) is 0 Å². The third kappa shape index (κ3) is 3.18. The highest BCUT2D eigenvalue weighted by Gasteiger charge is 2.33. The maximum absolute atomic E-state index is 11.4. The maximum Gasteiger partial charge on any atom is 0.333 e. The van der Waals surface area contributed by atoms with Crippen molar-refractivity contribution in [2.75, 3.05) is 18.0 Å². The first kappa shape index (κ1) is 15.8. The minimum absolute atomic E-state index is 0.0520. The van der Waals surface area contributed by atoms with E-state index in [1.165, 1.54) is 0 Å². The lowest BCUT2D eigenvalue weighted by atomic mass is 9.98. The molecule has 0 radical (unpaired) electrons. The molecule has 0 bridgehead atoms. The number of rotatable bonds is 3. The highest BCUT2D eigenvalue weighted by atomic mass is 16.6. The Kier molecular flexibility index (Phi) is 4.22.